The lowest BCUT2D eigenvalue weighted by molar-refractivity contribution is -0.396. The van der Waals surface area contributed by atoms with Gasteiger partial charge < -0.3 is 19.3 Å². The molecule has 2 aliphatic heterocycles. The molecule has 0 bridgehead atoms. The first-order valence-electron chi connectivity index (χ1n) is 10.9. The second-order valence-electron chi connectivity index (χ2n) is 8.06. The Hall–Kier alpha value is -2.42. The zero-order valence-electron chi connectivity index (χ0n) is 18.8. The molecule has 0 N–H and O–H groups in total. The van der Waals surface area contributed by atoms with Crippen molar-refractivity contribution in [1.82, 2.24) is 9.80 Å². The van der Waals surface area contributed by atoms with Gasteiger partial charge in [-0.25, -0.2) is 0 Å². The van der Waals surface area contributed by atoms with Crippen molar-refractivity contribution >= 4 is 68.5 Å². The number of benzene rings is 2. The minimum absolute atomic E-state index is 0.241. The lowest BCUT2D eigenvalue weighted by Gasteiger charge is -2.42. The first kappa shape index (κ1) is 26.6. The average molecular weight is 569 g/mol. The molecule has 2 saturated heterocycles. The number of non-ortho nitro benzene ring substituents is 1. The highest BCUT2D eigenvalue weighted by molar-refractivity contribution is 8.23. The van der Waals surface area contributed by atoms with Crippen LogP contribution in [0, 0.1) is 20.2 Å². The van der Waals surface area contributed by atoms with Gasteiger partial charge in [0.05, 0.1) is 34.0 Å². The molecular weight excluding hydrogens is 548 g/mol. The molecule has 2 fully saturated rings. The van der Waals surface area contributed by atoms with E-state index in [0.717, 1.165) is 23.4 Å². The van der Waals surface area contributed by atoms with Crippen LogP contribution in [-0.4, -0.2) is 80.6 Å². The Morgan fingerprint density at radius 2 is 1.64 bits per heavy atom. The summed E-state index contributed by atoms with van der Waals surface area (Å²) in [6, 6.07) is 10.9. The van der Waals surface area contributed by atoms with Crippen molar-refractivity contribution in [3.8, 4) is 0 Å². The molecule has 2 atom stereocenters. The molecule has 4 rings (SSSR count). The molecule has 0 aromatic heterocycles. The van der Waals surface area contributed by atoms with E-state index in [9.17, 15) is 20.2 Å². The molecule has 10 nitrogen and oxygen atoms in total. The van der Waals surface area contributed by atoms with E-state index in [1.165, 1.54) is 12.1 Å². The van der Waals surface area contributed by atoms with Gasteiger partial charge in [-0.05, 0) is 18.2 Å². The molecule has 2 unspecified atom stereocenters. The molecule has 2 aromatic carbocycles. The highest BCUT2D eigenvalue weighted by Gasteiger charge is 2.35. The number of halogens is 1. The van der Waals surface area contributed by atoms with Crippen molar-refractivity contribution in [2.24, 2.45) is 0 Å². The highest BCUT2D eigenvalue weighted by Crippen LogP contribution is 2.34. The quantitative estimate of drug-likeness (QED) is 0.222. The topological polar surface area (TPSA) is 111 Å². The molecule has 36 heavy (non-hydrogen) atoms. The summed E-state index contributed by atoms with van der Waals surface area (Å²) in [4.78, 5) is 26.1. The zero-order chi connectivity index (χ0) is 25.8. The van der Waals surface area contributed by atoms with E-state index in [4.69, 9.17) is 45.5 Å². The van der Waals surface area contributed by atoms with Gasteiger partial charge in [0.15, 0.2) is 0 Å². The molecule has 0 radical (unpaired) electrons. The normalized spacial score (nSPS) is 20.1. The molecule has 14 heteroatoms. The van der Waals surface area contributed by atoms with Gasteiger partial charge in [0.25, 0.3) is 11.4 Å². The molecule has 190 valence electrons. The van der Waals surface area contributed by atoms with Crippen molar-refractivity contribution in [2.75, 3.05) is 39.4 Å². The van der Waals surface area contributed by atoms with E-state index in [1.807, 2.05) is 23.1 Å². The van der Waals surface area contributed by atoms with Gasteiger partial charge in [0, 0.05) is 42.8 Å². The lowest BCUT2D eigenvalue weighted by Crippen LogP contribution is -2.56. The molecule has 0 amide bonds. The monoisotopic (exact) mass is 568 g/mol. The molecule has 2 aromatic rings. The van der Waals surface area contributed by atoms with Crippen LogP contribution < -0.4 is 0 Å². The van der Waals surface area contributed by atoms with Gasteiger partial charge in [-0.1, -0.05) is 59.9 Å². The van der Waals surface area contributed by atoms with E-state index in [1.54, 1.807) is 6.07 Å². The van der Waals surface area contributed by atoms with Gasteiger partial charge in [-0.3, -0.25) is 20.2 Å². The maximum absolute atomic E-state index is 11.5. The number of ether oxygens (including phenoxy) is 2. The van der Waals surface area contributed by atoms with Crippen LogP contribution in [0.4, 0.5) is 11.4 Å². The summed E-state index contributed by atoms with van der Waals surface area (Å²) in [6.07, 6.45) is -0.533. The van der Waals surface area contributed by atoms with Crippen molar-refractivity contribution in [3.05, 3.63) is 73.3 Å². The molecule has 0 saturated carbocycles. The van der Waals surface area contributed by atoms with E-state index in [-0.39, 0.29) is 28.5 Å². The summed E-state index contributed by atoms with van der Waals surface area (Å²) in [7, 11) is 0. The smallest absolute Gasteiger partial charge is 0.290 e. The molecule has 0 aliphatic carbocycles. The lowest BCUT2D eigenvalue weighted by atomic mass is 10.1. The largest absolute Gasteiger partial charge is 0.372 e. The third kappa shape index (κ3) is 6.28. The number of rotatable bonds is 5. The third-order valence-electron chi connectivity index (χ3n) is 5.77. The fourth-order valence-corrected chi connectivity index (χ4v) is 5.74. The van der Waals surface area contributed by atoms with Crippen LogP contribution in [0.2, 0.25) is 5.02 Å². The van der Waals surface area contributed by atoms with E-state index < -0.39 is 9.85 Å². The average Bonchev–Trinajstić information content (AvgIpc) is 2.88. The van der Waals surface area contributed by atoms with Gasteiger partial charge in [-0.15, -0.1) is 0 Å². The molecule has 2 heterocycles. The van der Waals surface area contributed by atoms with E-state index in [2.05, 4.69) is 4.90 Å². The Bertz CT molecular complexity index is 1200. The Morgan fingerprint density at radius 1 is 0.972 bits per heavy atom. The predicted octanol–water partition coefficient (Wildman–Crippen LogP) is 4.31. The third-order valence-corrected chi connectivity index (χ3v) is 8.00. The number of hydrogen-bond donors (Lipinski definition) is 0. The van der Waals surface area contributed by atoms with Crippen LogP contribution in [0.5, 0.6) is 0 Å². The van der Waals surface area contributed by atoms with E-state index >= 15 is 0 Å². The number of nitrogens with zero attached hydrogens (tertiary/aromatic N) is 4. The molecular formula is C22H21ClN4O6S3. The number of nitro benzene ring substituents is 2. The fraction of sp³-hybridized carbons (Fsp3) is 0.364. The van der Waals surface area contributed by atoms with Crippen LogP contribution in [0.3, 0.4) is 0 Å². The molecule has 2 aliphatic rings. The van der Waals surface area contributed by atoms with Crippen molar-refractivity contribution in [2.45, 2.75) is 17.1 Å². The number of thiocarbonyl (C=S) groups is 2. The van der Waals surface area contributed by atoms with Crippen LogP contribution in [0.25, 0.3) is 0 Å². The van der Waals surface area contributed by atoms with Crippen molar-refractivity contribution in [3.63, 3.8) is 0 Å². The molecule has 0 spiro atoms. The number of morpholine rings is 2. The van der Waals surface area contributed by atoms with Crippen LogP contribution in [-0.2, 0) is 9.47 Å². The number of nitro groups is 2. The van der Waals surface area contributed by atoms with E-state index in [0.29, 0.717) is 53.7 Å². The Kier molecular flexibility index (Phi) is 8.70. The second-order valence-corrected chi connectivity index (χ2v) is 10.6. The van der Waals surface area contributed by atoms with Crippen molar-refractivity contribution in [1.29, 1.82) is 0 Å². The summed E-state index contributed by atoms with van der Waals surface area (Å²) in [5.41, 5.74) is 0.159. The summed E-state index contributed by atoms with van der Waals surface area (Å²) in [5, 5.41) is 23.1. The van der Waals surface area contributed by atoms with Crippen LogP contribution in [0.1, 0.15) is 5.56 Å². The highest BCUT2D eigenvalue weighted by atomic mass is 35.5. The maximum Gasteiger partial charge on any atom is 0.290 e. The summed E-state index contributed by atoms with van der Waals surface area (Å²) in [5.74, 6) is 0. The fourth-order valence-electron chi connectivity index (χ4n) is 3.96. The predicted molar refractivity (Wildman–Crippen MR) is 144 cm³/mol. The van der Waals surface area contributed by atoms with Crippen LogP contribution >= 0.6 is 47.8 Å². The summed E-state index contributed by atoms with van der Waals surface area (Å²) in [6.45, 7) is 3.04. The Labute approximate surface area is 226 Å². The van der Waals surface area contributed by atoms with Gasteiger partial charge in [0.1, 0.15) is 21.5 Å². The second kappa shape index (κ2) is 11.8. The zero-order valence-corrected chi connectivity index (χ0v) is 22.0. The maximum atomic E-state index is 11.5. The van der Waals surface area contributed by atoms with Gasteiger partial charge in [-0.2, -0.15) is 0 Å². The minimum Gasteiger partial charge on any atom is -0.372 e. The summed E-state index contributed by atoms with van der Waals surface area (Å²) >= 11 is 18.4. The first-order valence-corrected chi connectivity index (χ1v) is 12.9. The Balaban J connectivity index is 1.41. The van der Waals surface area contributed by atoms with Gasteiger partial charge >= 0.3 is 0 Å². The first-order chi connectivity index (χ1) is 17.2. The number of hydrogen-bond acceptors (Lipinski definition) is 9. The minimum atomic E-state index is -0.669. The van der Waals surface area contributed by atoms with Gasteiger partial charge in [0.2, 0.25) is 0 Å². The summed E-state index contributed by atoms with van der Waals surface area (Å²) < 4.78 is 12.4. The van der Waals surface area contributed by atoms with Crippen molar-refractivity contribution < 1.29 is 19.3 Å². The SMILES string of the molecule is O=[N+]([O-])c1ccc(SC(=S)N2CCOC(C3CN(C(=S)c4cccc(Cl)c4)CCO3)C2)c([N+](=O)[O-])c1. The Morgan fingerprint density at radius 3 is 2.28 bits per heavy atom. The standard InChI is InChI=1S/C22H21ClN4O6S3/c23-15-3-1-2-14(10-15)21(34)24-6-8-32-18(12-24)19-13-25(7-9-33-19)22(35)36-20-5-4-16(26(28)29)11-17(20)27(30)31/h1-5,10-11,18-19H,6-9,12-13H2. The number of thioether (sulfide) groups is 1. The van der Waals surface area contributed by atoms with Crippen LogP contribution in [0.15, 0.2) is 47.4 Å².